The van der Waals surface area contributed by atoms with Gasteiger partial charge in [-0.05, 0) is 39.0 Å². The summed E-state index contributed by atoms with van der Waals surface area (Å²) in [4.78, 5) is 4.66. The first-order valence-electron chi connectivity index (χ1n) is 6.65. The van der Waals surface area contributed by atoms with Gasteiger partial charge in [0.2, 0.25) is 0 Å². The number of rotatable bonds is 4. The zero-order valence-electron chi connectivity index (χ0n) is 12.1. The van der Waals surface area contributed by atoms with E-state index in [2.05, 4.69) is 42.2 Å². The third-order valence-corrected chi connectivity index (χ3v) is 2.82. The fourth-order valence-electron chi connectivity index (χ4n) is 1.88. The number of nitrogens with zero attached hydrogens (tertiary/aromatic N) is 3. The van der Waals surface area contributed by atoms with Gasteiger partial charge in [0.05, 0.1) is 5.69 Å². The predicted molar refractivity (Wildman–Crippen MR) is 77.9 cm³/mol. The highest BCUT2D eigenvalue weighted by atomic mass is 15.2. The predicted octanol–water partition coefficient (Wildman–Crippen LogP) is 2.41. The van der Waals surface area contributed by atoms with E-state index in [1.54, 1.807) is 4.68 Å². The number of nitrogens with one attached hydrogen (secondary N) is 1. The highest BCUT2D eigenvalue weighted by Crippen LogP contribution is 2.14. The summed E-state index contributed by atoms with van der Waals surface area (Å²) in [6.07, 6.45) is 2.86. The van der Waals surface area contributed by atoms with E-state index in [4.69, 9.17) is 0 Å². The Morgan fingerprint density at radius 2 is 1.95 bits per heavy atom. The maximum atomic E-state index is 4.66. The van der Waals surface area contributed by atoms with Crippen molar-refractivity contribution >= 4 is 0 Å². The minimum absolute atomic E-state index is 0.151. The Kier molecular flexibility index (Phi) is 4.00. The summed E-state index contributed by atoms with van der Waals surface area (Å²) >= 11 is 0. The summed E-state index contributed by atoms with van der Waals surface area (Å²) in [5.74, 6) is 0. The van der Waals surface area contributed by atoms with E-state index in [0.29, 0.717) is 0 Å². The molecule has 0 unspecified atom stereocenters. The normalized spacial score (nSPS) is 11.8. The Morgan fingerprint density at radius 3 is 2.58 bits per heavy atom. The smallest absolute Gasteiger partial charge is 0.111 e. The molecule has 0 aromatic carbocycles. The van der Waals surface area contributed by atoms with Gasteiger partial charge >= 0.3 is 0 Å². The summed E-state index contributed by atoms with van der Waals surface area (Å²) in [6, 6.07) is 8.10. The average molecular weight is 258 g/mol. The van der Waals surface area contributed by atoms with Crippen LogP contribution in [0.1, 0.15) is 26.5 Å². The molecule has 0 bridgehead atoms. The lowest BCUT2D eigenvalue weighted by Crippen LogP contribution is -2.37. The Balaban J connectivity index is 2.03. The second-order valence-corrected chi connectivity index (χ2v) is 5.82. The van der Waals surface area contributed by atoms with Crippen LogP contribution in [0.2, 0.25) is 0 Å². The topological polar surface area (TPSA) is 42.7 Å². The fraction of sp³-hybridized carbons (Fsp3) is 0.467. The van der Waals surface area contributed by atoms with Crippen molar-refractivity contribution in [3.8, 4) is 11.4 Å². The van der Waals surface area contributed by atoms with Crippen molar-refractivity contribution in [1.82, 2.24) is 20.1 Å². The molecule has 0 saturated heterocycles. The summed E-state index contributed by atoms with van der Waals surface area (Å²) in [5.41, 5.74) is 3.11. The first-order valence-corrected chi connectivity index (χ1v) is 6.65. The molecule has 0 amide bonds. The highest BCUT2D eigenvalue weighted by molar-refractivity contribution is 5.53. The zero-order valence-corrected chi connectivity index (χ0v) is 12.1. The number of hydrogen-bond donors (Lipinski definition) is 1. The number of aryl methyl sites for hydroxylation is 1. The monoisotopic (exact) mass is 258 g/mol. The van der Waals surface area contributed by atoms with Crippen LogP contribution in [-0.2, 0) is 13.5 Å². The van der Waals surface area contributed by atoms with Crippen molar-refractivity contribution in [2.45, 2.75) is 32.7 Å². The minimum atomic E-state index is 0.151. The van der Waals surface area contributed by atoms with Crippen molar-refractivity contribution in [3.05, 3.63) is 36.2 Å². The molecule has 2 aromatic heterocycles. The molecule has 102 valence electrons. The van der Waals surface area contributed by atoms with E-state index in [1.807, 2.05) is 31.4 Å². The average Bonchev–Trinajstić information content (AvgIpc) is 2.75. The number of aromatic nitrogens is 3. The molecule has 4 heteroatoms. The van der Waals surface area contributed by atoms with Crippen molar-refractivity contribution in [2.75, 3.05) is 6.54 Å². The molecule has 4 nitrogen and oxygen atoms in total. The Labute approximate surface area is 114 Å². The van der Waals surface area contributed by atoms with E-state index in [9.17, 15) is 0 Å². The van der Waals surface area contributed by atoms with Crippen molar-refractivity contribution in [2.24, 2.45) is 7.05 Å². The Morgan fingerprint density at radius 1 is 1.16 bits per heavy atom. The van der Waals surface area contributed by atoms with E-state index in [1.165, 1.54) is 0 Å². The SMILES string of the molecule is Cn1ccc(-c2cccc(CCNC(C)(C)C)n2)n1. The van der Waals surface area contributed by atoms with Crippen LogP contribution in [0.15, 0.2) is 30.5 Å². The standard InChI is InChI=1S/C15H22N4/c1-15(2,3)16-10-8-12-6-5-7-13(17-12)14-9-11-19(4)18-14/h5-7,9,11,16H,8,10H2,1-4H3. The summed E-state index contributed by atoms with van der Waals surface area (Å²) in [5, 5.41) is 7.85. The third-order valence-electron chi connectivity index (χ3n) is 2.82. The zero-order chi connectivity index (χ0) is 13.9. The fourth-order valence-corrected chi connectivity index (χ4v) is 1.88. The van der Waals surface area contributed by atoms with Crippen LogP contribution in [-0.4, -0.2) is 26.8 Å². The van der Waals surface area contributed by atoms with Crippen LogP contribution in [0.25, 0.3) is 11.4 Å². The van der Waals surface area contributed by atoms with Crippen LogP contribution in [0.4, 0.5) is 0 Å². The van der Waals surface area contributed by atoms with Crippen molar-refractivity contribution < 1.29 is 0 Å². The maximum absolute atomic E-state index is 4.66. The molecule has 2 aromatic rings. The molecule has 0 atom stereocenters. The van der Waals surface area contributed by atoms with E-state index in [-0.39, 0.29) is 5.54 Å². The van der Waals surface area contributed by atoms with Gasteiger partial charge in [-0.3, -0.25) is 9.67 Å². The molecule has 19 heavy (non-hydrogen) atoms. The van der Waals surface area contributed by atoms with Crippen molar-refractivity contribution in [3.63, 3.8) is 0 Å². The lowest BCUT2D eigenvalue weighted by Gasteiger charge is -2.20. The van der Waals surface area contributed by atoms with Gasteiger partial charge in [-0.1, -0.05) is 6.07 Å². The molecule has 2 rings (SSSR count). The highest BCUT2D eigenvalue weighted by Gasteiger charge is 2.08. The number of hydrogen-bond acceptors (Lipinski definition) is 3. The molecule has 2 heterocycles. The second kappa shape index (κ2) is 5.53. The van der Waals surface area contributed by atoms with E-state index < -0.39 is 0 Å². The van der Waals surface area contributed by atoms with Crippen LogP contribution in [0.5, 0.6) is 0 Å². The molecule has 0 aliphatic rings. The number of pyridine rings is 1. The summed E-state index contributed by atoms with van der Waals surface area (Å²) < 4.78 is 1.80. The molecule has 0 fully saturated rings. The lowest BCUT2D eigenvalue weighted by atomic mass is 10.1. The first-order chi connectivity index (χ1) is 8.94. The van der Waals surface area contributed by atoms with Crippen LogP contribution >= 0.6 is 0 Å². The lowest BCUT2D eigenvalue weighted by molar-refractivity contribution is 0.428. The molecular weight excluding hydrogens is 236 g/mol. The summed E-state index contributed by atoms with van der Waals surface area (Å²) in [7, 11) is 1.92. The van der Waals surface area contributed by atoms with Crippen LogP contribution in [0.3, 0.4) is 0 Å². The second-order valence-electron chi connectivity index (χ2n) is 5.82. The van der Waals surface area contributed by atoms with E-state index in [0.717, 1.165) is 30.0 Å². The maximum Gasteiger partial charge on any atom is 0.111 e. The first kappa shape index (κ1) is 13.7. The molecular formula is C15H22N4. The molecule has 1 N–H and O–H groups in total. The van der Waals surface area contributed by atoms with Gasteiger partial charge < -0.3 is 5.32 Å². The van der Waals surface area contributed by atoms with Crippen LogP contribution < -0.4 is 5.32 Å². The Bertz CT molecular complexity index is 537. The third kappa shape index (κ3) is 4.17. The van der Waals surface area contributed by atoms with Gasteiger partial charge in [0, 0.05) is 37.4 Å². The molecule has 0 aliphatic heterocycles. The van der Waals surface area contributed by atoms with Crippen LogP contribution in [0, 0.1) is 0 Å². The Hall–Kier alpha value is -1.68. The summed E-state index contributed by atoms with van der Waals surface area (Å²) in [6.45, 7) is 7.45. The minimum Gasteiger partial charge on any atom is -0.312 e. The molecule has 0 spiro atoms. The molecule has 0 aliphatic carbocycles. The molecule has 0 saturated carbocycles. The van der Waals surface area contributed by atoms with Gasteiger partial charge in [0.25, 0.3) is 0 Å². The van der Waals surface area contributed by atoms with E-state index >= 15 is 0 Å². The quantitative estimate of drug-likeness (QED) is 0.915. The molecule has 0 radical (unpaired) electrons. The largest absolute Gasteiger partial charge is 0.312 e. The van der Waals surface area contributed by atoms with Crippen molar-refractivity contribution in [1.29, 1.82) is 0 Å². The van der Waals surface area contributed by atoms with Gasteiger partial charge in [-0.25, -0.2) is 0 Å². The van der Waals surface area contributed by atoms with Gasteiger partial charge in [0.15, 0.2) is 0 Å². The van der Waals surface area contributed by atoms with Gasteiger partial charge in [0.1, 0.15) is 5.69 Å². The van der Waals surface area contributed by atoms with Gasteiger partial charge in [-0.15, -0.1) is 0 Å². The van der Waals surface area contributed by atoms with Gasteiger partial charge in [-0.2, -0.15) is 5.10 Å².